The Morgan fingerprint density at radius 3 is 2.35 bits per heavy atom. The van der Waals surface area contributed by atoms with Crippen molar-refractivity contribution in [3.8, 4) is 5.75 Å². The Kier molecular flexibility index (Phi) is 10.3. The molecule has 0 aliphatic heterocycles. The van der Waals surface area contributed by atoms with Crippen LogP contribution in [0.25, 0.3) is 0 Å². The van der Waals surface area contributed by atoms with Crippen molar-refractivity contribution in [2.24, 2.45) is 5.41 Å². The Morgan fingerprint density at radius 2 is 1.71 bits per heavy atom. The molecule has 2 amide bonds. The van der Waals surface area contributed by atoms with Gasteiger partial charge in [-0.25, -0.2) is 9.36 Å². The normalized spacial score (nSPS) is 18.9. The Balaban J connectivity index is 1.32. The summed E-state index contributed by atoms with van der Waals surface area (Å²) in [6.07, 6.45) is 8.98. The van der Waals surface area contributed by atoms with E-state index in [1.165, 1.54) is 0 Å². The van der Waals surface area contributed by atoms with Crippen molar-refractivity contribution >= 4 is 23.4 Å². The smallest absolute Gasteiger partial charge is 0.320 e. The van der Waals surface area contributed by atoms with Gasteiger partial charge >= 0.3 is 6.03 Å². The summed E-state index contributed by atoms with van der Waals surface area (Å²) in [5.41, 5.74) is 10.9. The molecule has 1 unspecified atom stereocenters. The van der Waals surface area contributed by atoms with Gasteiger partial charge in [-0.2, -0.15) is 5.41 Å². The minimum atomic E-state index is -0.348. The number of carbonyl (C=O) groups excluding carboxylic acids is 1. The zero-order chi connectivity index (χ0) is 34.6. The van der Waals surface area contributed by atoms with Gasteiger partial charge in [0.05, 0.1) is 6.04 Å². The van der Waals surface area contributed by atoms with E-state index in [9.17, 15) is 10.2 Å². The number of amides is 2. The number of urea groups is 1. The van der Waals surface area contributed by atoms with Gasteiger partial charge < -0.3 is 21.1 Å². The molecule has 0 radical (unpaired) electrons. The minimum Gasteiger partial charge on any atom is -0.483 e. The number of hydrogen-bond acceptors (Lipinski definition) is 6. The molecule has 1 aromatic heterocycles. The summed E-state index contributed by atoms with van der Waals surface area (Å²) in [7, 11) is 4.09. The second-order valence-electron chi connectivity index (χ2n) is 14.4. The molecule has 3 aromatic rings. The molecule has 2 aromatic carbocycles. The van der Waals surface area contributed by atoms with Crippen molar-refractivity contribution in [2.75, 3.05) is 25.1 Å². The second-order valence-corrected chi connectivity index (χ2v) is 14.4. The molecule has 6 N–H and O–H groups in total. The maximum Gasteiger partial charge on any atom is 0.320 e. The number of likely N-dealkylation sites (N-methyl/N-ethyl adjacent to an activating group) is 1. The Morgan fingerprint density at radius 1 is 1.04 bits per heavy atom. The number of hydrogen-bond donors (Lipinski definition) is 5. The van der Waals surface area contributed by atoms with Crippen molar-refractivity contribution < 1.29 is 14.1 Å². The molecule has 254 valence electrons. The van der Waals surface area contributed by atoms with E-state index >= 15 is 0 Å². The van der Waals surface area contributed by atoms with E-state index in [4.69, 9.17) is 10.5 Å². The molecular formula is C39H52N7O2+. The summed E-state index contributed by atoms with van der Waals surface area (Å²) in [6, 6.07) is 19.3. The molecule has 9 heteroatoms. The van der Waals surface area contributed by atoms with E-state index in [-0.39, 0.29) is 29.1 Å². The summed E-state index contributed by atoms with van der Waals surface area (Å²) in [6.45, 7) is 12.6. The summed E-state index contributed by atoms with van der Waals surface area (Å²) >= 11 is 0. The largest absolute Gasteiger partial charge is 0.483 e. The highest BCUT2D eigenvalue weighted by Crippen LogP contribution is 2.39. The zero-order valence-electron chi connectivity index (χ0n) is 29.3. The first-order valence-electron chi connectivity index (χ1n) is 16.9. The topological polar surface area (TPSA) is 119 Å². The first-order valence-corrected chi connectivity index (χ1v) is 16.9. The van der Waals surface area contributed by atoms with Crippen LogP contribution in [-0.2, 0) is 0 Å². The van der Waals surface area contributed by atoms with Gasteiger partial charge in [0.15, 0.2) is 5.75 Å². The molecule has 0 bridgehead atoms. The predicted molar refractivity (Wildman–Crippen MR) is 194 cm³/mol. The number of nitrogen functional groups attached to an aromatic ring is 1. The van der Waals surface area contributed by atoms with Crippen LogP contribution in [0.15, 0.2) is 90.9 Å². The molecule has 1 fully saturated rings. The first-order chi connectivity index (χ1) is 22.8. The quantitative estimate of drug-likeness (QED) is 0.0717. The zero-order valence-corrected chi connectivity index (χ0v) is 29.3. The van der Waals surface area contributed by atoms with Crippen molar-refractivity contribution in [3.63, 3.8) is 0 Å². The number of nitrogens with two attached hydrogens (primary N) is 1. The molecule has 5 rings (SSSR count). The van der Waals surface area contributed by atoms with E-state index in [1.54, 1.807) is 4.57 Å². The molecular weight excluding hydrogens is 598 g/mol. The number of allylic oxidation sites excluding steroid dienone is 2. The number of nitrogens with zero attached hydrogens (tertiary/aromatic N) is 2. The highest BCUT2D eigenvalue weighted by Gasteiger charge is 2.45. The first kappa shape index (κ1) is 34.7. The molecule has 2 aliphatic rings. The number of fused-ring (bicyclic) bond motifs is 1. The average molecular weight is 651 g/mol. The van der Waals surface area contributed by atoms with Crippen molar-refractivity contribution in [3.05, 3.63) is 108 Å². The molecule has 1 heterocycles. The van der Waals surface area contributed by atoms with Crippen LogP contribution in [-0.4, -0.2) is 36.4 Å². The van der Waals surface area contributed by atoms with E-state index in [2.05, 4.69) is 60.3 Å². The number of aryl methyl sites for hydroxylation is 1. The molecule has 2 atom stereocenters. The van der Waals surface area contributed by atoms with Gasteiger partial charge in [0.1, 0.15) is 23.7 Å². The lowest BCUT2D eigenvalue weighted by Crippen LogP contribution is -2.62. The van der Waals surface area contributed by atoms with Gasteiger partial charge in [-0.1, -0.05) is 82.2 Å². The monoisotopic (exact) mass is 650 g/mol. The van der Waals surface area contributed by atoms with Gasteiger partial charge in [0.25, 0.3) is 5.84 Å². The third-order valence-electron chi connectivity index (χ3n) is 9.80. The predicted octanol–water partition coefficient (Wildman–Crippen LogP) is 7.37. The fourth-order valence-corrected chi connectivity index (χ4v) is 6.63. The maximum atomic E-state index is 13.5. The lowest BCUT2D eigenvalue weighted by molar-refractivity contribution is -0.548. The molecule has 0 saturated heterocycles. The van der Waals surface area contributed by atoms with Gasteiger partial charge in [-0.15, -0.1) is 0 Å². The number of anilines is 2. The average Bonchev–Trinajstić information content (AvgIpc) is 3.55. The van der Waals surface area contributed by atoms with E-state index in [0.717, 1.165) is 53.6 Å². The lowest BCUT2D eigenvalue weighted by atomic mass is 9.85. The second kappa shape index (κ2) is 14.2. The van der Waals surface area contributed by atoms with Crippen LogP contribution in [0.3, 0.4) is 0 Å². The molecule has 1 saturated carbocycles. The number of rotatable bonds is 9. The third kappa shape index (κ3) is 7.73. The fourth-order valence-electron chi connectivity index (χ4n) is 6.63. The van der Waals surface area contributed by atoms with Crippen LogP contribution >= 0.6 is 0 Å². The fraction of sp³-hybridized carbons (Fsp3) is 0.410. The van der Waals surface area contributed by atoms with Crippen LogP contribution in [0.2, 0.25) is 0 Å². The van der Waals surface area contributed by atoms with Crippen LogP contribution in [0.4, 0.5) is 16.3 Å². The molecule has 2 aliphatic carbocycles. The Bertz CT molecular complexity index is 1680. The Hall–Kier alpha value is -4.63. The maximum absolute atomic E-state index is 13.5. The van der Waals surface area contributed by atoms with Gasteiger partial charge in [-0.3, -0.25) is 10.2 Å². The molecule has 48 heavy (non-hydrogen) atoms. The summed E-state index contributed by atoms with van der Waals surface area (Å²) in [5.74, 6) is 2.19. The Labute approximate surface area is 285 Å². The van der Waals surface area contributed by atoms with Crippen LogP contribution < -0.4 is 31.0 Å². The van der Waals surface area contributed by atoms with Crippen LogP contribution in [0.1, 0.15) is 88.1 Å². The number of carbonyl (C=O) groups is 1. The van der Waals surface area contributed by atoms with Crippen molar-refractivity contribution in [2.45, 2.75) is 83.9 Å². The van der Waals surface area contributed by atoms with Crippen molar-refractivity contribution in [1.82, 2.24) is 15.5 Å². The number of aromatic nitrogens is 1. The molecule has 9 nitrogen and oxygen atoms in total. The molecule has 0 spiro atoms. The SMILES string of the molecule is C=C(/C=C(/NC(=O)N[C@H]1CCC(Oc2ccc(N)[n+](C(=N)C3(N(C)C)CCCC3)c2)c2ccccc21)Nc1ccc(C)cc1)C(C)(C)C. The van der Waals surface area contributed by atoms with E-state index in [1.807, 2.05) is 81.8 Å². The standard InChI is InChI=1S/C39H51N7O2/c1-26-14-16-28(17-15-26)42-35(24-27(2)38(3,4)5)44-37(47)43-32-19-20-33(31-13-9-8-12-30(31)32)48-29-18-21-34(40)46(25-29)36(41)39(45(6)7)22-10-11-23-39/h8-9,12-18,21,24-25,32-33,40-42H,2,10-11,19-20,22-23H2,1,3-7H3,(H2,43,44,47)/p+1/b35-24+,41-36?/t32-,33?/m0/s1. The van der Waals surface area contributed by atoms with Crippen LogP contribution in [0, 0.1) is 17.7 Å². The minimum absolute atomic E-state index is 0.163. The van der Waals surface area contributed by atoms with E-state index < -0.39 is 0 Å². The highest BCUT2D eigenvalue weighted by atomic mass is 16.5. The summed E-state index contributed by atoms with van der Waals surface area (Å²) in [5, 5.41) is 18.8. The van der Waals surface area contributed by atoms with E-state index in [0.29, 0.717) is 36.1 Å². The number of ether oxygens (including phenoxy) is 1. The highest BCUT2D eigenvalue weighted by molar-refractivity contribution is 5.82. The van der Waals surface area contributed by atoms with Crippen molar-refractivity contribution in [1.29, 1.82) is 5.41 Å². The number of benzene rings is 2. The third-order valence-corrected chi connectivity index (χ3v) is 9.80. The number of nitrogens with one attached hydrogen (secondary N) is 4. The number of pyridine rings is 1. The van der Waals surface area contributed by atoms with Gasteiger partial charge in [0, 0.05) is 11.8 Å². The lowest BCUT2D eigenvalue weighted by Gasteiger charge is -2.34. The summed E-state index contributed by atoms with van der Waals surface area (Å²) in [4.78, 5) is 15.6. The summed E-state index contributed by atoms with van der Waals surface area (Å²) < 4.78 is 8.38. The van der Waals surface area contributed by atoms with Crippen LogP contribution in [0.5, 0.6) is 5.75 Å². The van der Waals surface area contributed by atoms with Gasteiger partial charge in [-0.05, 0) is 93.1 Å². The van der Waals surface area contributed by atoms with Gasteiger partial charge in [0.2, 0.25) is 5.82 Å².